The molecular weight excluding hydrogens is 273 g/mol. The zero-order valence-corrected chi connectivity index (χ0v) is 11.9. The molecule has 1 N–H and O–H groups in total. The molecule has 0 unspecified atom stereocenters. The Kier molecular flexibility index (Phi) is 3.01. The van der Waals surface area contributed by atoms with E-state index < -0.39 is 0 Å². The van der Waals surface area contributed by atoms with Crippen molar-refractivity contribution in [2.24, 2.45) is 7.05 Å². The number of nitrogens with zero attached hydrogens (tertiary/aromatic N) is 2. The average molecular weight is 287 g/mol. The molecule has 6 heteroatoms. The van der Waals surface area contributed by atoms with Gasteiger partial charge in [-0.3, -0.25) is 4.79 Å². The van der Waals surface area contributed by atoms with Crippen LogP contribution in [0.2, 0.25) is 0 Å². The molecule has 2 aromatic heterocycles. The summed E-state index contributed by atoms with van der Waals surface area (Å²) >= 11 is 0. The third kappa shape index (κ3) is 2.18. The van der Waals surface area contributed by atoms with E-state index in [9.17, 15) is 9.18 Å². The van der Waals surface area contributed by atoms with E-state index >= 15 is 0 Å². The summed E-state index contributed by atoms with van der Waals surface area (Å²) in [4.78, 5) is 12.4. The van der Waals surface area contributed by atoms with Gasteiger partial charge in [-0.25, -0.2) is 4.39 Å². The fourth-order valence-corrected chi connectivity index (χ4v) is 2.36. The predicted molar refractivity (Wildman–Crippen MR) is 76.8 cm³/mol. The molecule has 0 atom stereocenters. The van der Waals surface area contributed by atoms with Crippen molar-refractivity contribution in [3.05, 3.63) is 47.2 Å². The third-order valence-corrected chi connectivity index (χ3v) is 3.51. The molecule has 0 aliphatic rings. The summed E-state index contributed by atoms with van der Waals surface area (Å²) in [5, 5.41) is 7.38. The van der Waals surface area contributed by atoms with Gasteiger partial charge in [-0.05, 0) is 38.1 Å². The molecule has 0 bridgehead atoms. The van der Waals surface area contributed by atoms with E-state index in [1.54, 1.807) is 37.6 Å². The number of nitrogens with one attached hydrogen (secondary N) is 1. The van der Waals surface area contributed by atoms with Gasteiger partial charge in [0.2, 0.25) is 0 Å². The van der Waals surface area contributed by atoms with Gasteiger partial charge in [-0.1, -0.05) is 5.16 Å². The average Bonchev–Trinajstić information content (AvgIpc) is 2.94. The van der Waals surface area contributed by atoms with E-state index in [0.29, 0.717) is 28.4 Å². The number of carbonyl (C=O) groups excluding carboxylic acids is 1. The quantitative estimate of drug-likeness (QED) is 0.787. The Hall–Kier alpha value is -2.63. The molecule has 0 saturated carbocycles. The molecule has 108 valence electrons. The van der Waals surface area contributed by atoms with Gasteiger partial charge in [-0.2, -0.15) is 0 Å². The molecule has 0 saturated heterocycles. The number of amides is 1. The van der Waals surface area contributed by atoms with Crippen LogP contribution in [0, 0.1) is 19.7 Å². The van der Waals surface area contributed by atoms with Gasteiger partial charge in [0.15, 0.2) is 5.76 Å². The van der Waals surface area contributed by atoms with Crippen molar-refractivity contribution in [2.75, 3.05) is 5.32 Å². The van der Waals surface area contributed by atoms with Gasteiger partial charge in [0.25, 0.3) is 5.91 Å². The number of halogens is 1. The predicted octanol–water partition coefficient (Wildman–Crippen LogP) is 3.17. The van der Waals surface area contributed by atoms with Crippen LogP contribution in [0.4, 0.5) is 10.1 Å². The molecule has 21 heavy (non-hydrogen) atoms. The lowest BCUT2D eigenvalue weighted by molar-refractivity contribution is 0.101. The molecular formula is C15H14FN3O2. The Morgan fingerprint density at radius 2 is 2.10 bits per heavy atom. The van der Waals surface area contributed by atoms with Crippen LogP contribution in [0.3, 0.4) is 0 Å². The lowest BCUT2D eigenvalue weighted by atomic mass is 10.2. The summed E-state index contributed by atoms with van der Waals surface area (Å²) < 4.78 is 20.0. The molecule has 5 nitrogen and oxygen atoms in total. The summed E-state index contributed by atoms with van der Waals surface area (Å²) in [7, 11) is 1.73. The zero-order chi connectivity index (χ0) is 15.1. The van der Waals surface area contributed by atoms with Crippen LogP contribution in [0.15, 0.2) is 28.8 Å². The Morgan fingerprint density at radius 1 is 1.33 bits per heavy atom. The summed E-state index contributed by atoms with van der Waals surface area (Å²) in [6.45, 7) is 3.48. The molecule has 3 aromatic rings. The number of hydrogen-bond acceptors (Lipinski definition) is 3. The first-order chi connectivity index (χ1) is 9.97. The summed E-state index contributed by atoms with van der Waals surface area (Å²) in [5.74, 6) is -0.0736. The number of anilines is 1. The number of aryl methyl sites for hydroxylation is 3. The monoisotopic (exact) mass is 287 g/mol. The van der Waals surface area contributed by atoms with Crippen molar-refractivity contribution in [1.82, 2.24) is 9.72 Å². The van der Waals surface area contributed by atoms with Crippen molar-refractivity contribution in [1.29, 1.82) is 0 Å². The van der Waals surface area contributed by atoms with Crippen LogP contribution in [-0.4, -0.2) is 15.6 Å². The van der Waals surface area contributed by atoms with Crippen LogP contribution >= 0.6 is 0 Å². The van der Waals surface area contributed by atoms with Crippen molar-refractivity contribution in [3.8, 4) is 0 Å². The van der Waals surface area contributed by atoms with E-state index in [1.165, 1.54) is 12.1 Å². The number of benzene rings is 1. The first kappa shape index (κ1) is 13.4. The van der Waals surface area contributed by atoms with Gasteiger partial charge in [-0.15, -0.1) is 0 Å². The molecule has 1 amide bonds. The number of carbonyl (C=O) groups is 1. The topological polar surface area (TPSA) is 60.1 Å². The molecule has 0 fully saturated rings. The highest BCUT2D eigenvalue weighted by atomic mass is 19.1. The first-order valence-corrected chi connectivity index (χ1v) is 6.46. The second-order valence-electron chi connectivity index (χ2n) is 4.95. The minimum absolute atomic E-state index is 0.288. The van der Waals surface area contributed by atoms with E-state index in [1.807, 2.05) is 0 Å². The normalized spacial score (nSPS) is 11.0. The Morgan fingerprint density at radius 3 is 2.76 bits per heavy atom. The summed E-state index contributed by atoms with van der Waals surface area (Å²) in [6.07, 6.45) is 0. The maximum Gasteiger partial charge on any atom is 0.272 e. The SMILES string of the molecule is Cc1noc(C)c1NC(=O)c1cc2ccc(F)cc2n1C. The second-order valence-corrected chi connectivity index (χ2v) is 4.95. The minimum Gasteiger partial charge on any atom is -0.359 e. The molecule has 3 rings (SSSR count). The maximum absolute atomic E-state index is 13.3. The first-order valence-electron chi connectivity index (χ1n) is 6.46. The summed E-state index contributed by atoms with van der Waals surface area (Å²) in [5.41, 5.74) is 2.29. The summed E-state index contributed by atoms with van der Waals surface area (Å²) in [6, 6.07) is 6.15. The third-order valence-electron chi connectivity index (χ3n) is 3.51. The maximum atomic E-state index is 13.3. The smallest absolute Gasteiger partial charge is 0.272 e. The fourth-order valence-electron chi connectivity index (χ4n) is 2.36. The van der Waals surface area contributed by atoms with E-state index in [2.05, 4.69) is 10.5 Å². The van der Waals surface area contributed by atoms with Gasteiger partial charge in [0.1, 0.15) is 22.9 Å². The van der Waals surface area contributed by atoms with Crippen molar-refractivity contribution >= 4 is 22.5 Å². The van der Waals surface area contributed by atoms with Crippen molar-refractivity contribution < 1.29 is 13.7 Å². The van der Waals surface area contributed by atoms with Crippen LogP contribution in [0.5, 0.6) is 0 Å². The van der Waals surface area contributed by atoms with Crippen molar-refractivity contribution in [3.63, 3.8) is 0 Å². The molecule has 0 spiro atoms. The largest absolute Gasteiger partial charge is 0.359 e. The second kappa shape index (κ2) is 4.73. The fraction of sp³-hybridized carbons (Fsp3) is 0.200. The standard InChI is InChI=1S/C15H14FN3O2/c1-8-14(9(2)21-18-8)17-15(20)13-6-10-4-5-11(16)7-12(10)19(13)3/h4-7H,1-3H3,(H,17,20). The Bertz CT molecular complexity index is 829. The van der Waals surface area contributed by atoms with Crippen LogP contribution in [-0.2, 0) is 7.05 Å². The zero-order valence-electron chi connectivity index (χ0n) is 11.9. The van der Waals surface area contributed by atoms with Crippen molar-refractivity contribution in [2.45, 2.75) is 13.8 Å². The van der Waals surface area contributed by atoms with E-state index in [4.69, 9.17) is 4.52 Å². The van der Waals surface area contributed by atoms with Gasteiger partial charge >= 0.3 is 0 Å². The minimum atomic E-state index is -0.332. The lowest BCUT2D eigenvalue weighted by Crippen LogP contribution is -2.16. The lowest BCUT2D eigenvalue weighted by Gasteiger charge is -2.05. The highest BCUT2D eigenvalue weighted by Crippen LogP contribution is 2.23. The highest BCUT2D eigenvalue weighted by Gasteiger charge is 2.17. The van der Waals surface area contributed by atoms with Gasteiger partial charge in [0, 0.05) is 12.4 Å². The van der Waals surface area contributed by atoms with E-state index in [0.717, 1.165) is 5.39 Å². The Balaban J connectivity index is 2.00. The van der Waals surface area contributed by atoms with E-state index in [-0.39, 0.29) is 11.7 Å². The molecule has 0 radical (unpaired) electrons. The van der Waals surface area contributed by atoms with Crippen LogP contribution in [0.25, 0.3) is 10.9 Å². The number of rotatable bonds is 2. The molecule has 2 heterocycles. The number of fused-ring (bicyclic) bond motifs is 1. The molecule has 0 aliphatic carbocycles. The van der Waals surface area contributed by atoms with Crippen LogP contribution < -0.4 is 5.32 Å². The molecule has 1 aromatic carbocycles. The Labute approximate surface area is 120 Å². The van der Waals surface area contributed by atoms with Crippen LogP contribution in [0.1, 0.15) is 21.9 Å². The van der Waals surface area contributed by atoms with Gasteiger partial charge < -0.3 is 14.4 Å². The van der Waals surface area contributed by atoms with Gasteiger partial charge in [0.05, 0.1) is 5.52 Å². The molecule has 0 aliphatic heterocycles. The number of hydrogen-bond donors (Lipinski definition) is 1. The number of aromatic nitrogens is 2. The highest BCUT2D eigenvalue weighted by molar-refractivity contribution is 6.06.